The molecule has 0 fully saturated rings. The van der Waals surface area contributed by atoms with Gasteiger partial charge in [-0.25, -0.2) is 18.2 Å². The summed E-state index contributed by atoms with van der Waals surface area (Å²) in [6, 6.07) is 16.8. The van der Waals surface area contributed by atoms with E-state index in [-0.39, 0.29) is 10.7 Å². The van der Waals surface area contributed by atoms with Crippen LogP contribution in [0.1, 0.15) is 23.6 Å². The summed E-state index contributed by atoms with van der Waals surface area (Å²) >= 11 is 6.04. The summed E-state index contributed by atoms with van der Waals surface area (Å²) in [6.45, 7) is 4.72. The Hall–Kier alpha value is -3.23. The molecule has 3 aromatic carbocycles. The molecule has 1 amide bonds. The van der Waals surface area contributed by atoms with Crippen LogP contribution in [-0.2, 0) is 14.8 Å². The maximum atomic E-state index is 13.4. The highest BCUT2D eigenvalue weighted by molar-refractivity contribution is 7.92. The van der Waals surface area contributed by atoms with E-state index >= 15 is 0 Å². The Kier molecular flexibility index (Phi) is 7.50. The van der Waals surface area contributed by atoms with Crippen molar-refractivity contribution in [2.45, 2.75) is 25.7 Å². The maximum absolute atomic E-state index is 13.4. The van der Waals surface area contributed by atoms with Gasteiger partial charge < -0.3 is 0 Å². The molecule has 3 aromatic rings. The lowest BCUT2D eigenvalue weighted by molar-refractivity contribution is -0.119. The first kappa shape index (κ1) is 24.4. The first-order valence-corrected chi connectivity index (χ1v) is 11.8. The summed E-state index contributed by atoms with van der Waals surface area (Å²) in [5.74, 6) is -1.02. The molecule has 0 aliphatic rings. The number of hydrazone groups is 1. The van der Waals surface area contributed by atoms with E-state index in [0.717, 1.165) is 9.87 Å². The summed E-state index contributed by atoms with van der Waals surface area (Å²) in [5.41, 5.74) is 5.28. The van der Waals surface area contributed by atoms with Crippen LogP contribution in [0, 0.1) is 19.7 Å². The highest BCUT2D eigenvalue weighted by Gasteiger charge is 2.28. The zero-order valence-electron chi connectivity index (χ0n) is 18.3. The van der Waals surface area contributed by atoms with E-state index in [1.54, 1.807) is 44.2 Å². The number of nitrogens with one attached hydrogen (secondary N) is 1. The van der Waals surface area contributed by atoms with E-state index in [2.05, 4.69) is 10.5 Å². The largest absolute Gasteiger partial charge is 0.271 e. The molecule has 9 heteroatoms. The predicted molar refractivity (Wildman–Crippen MR) is 129 cm³/mol. The van der Waals surface area contributed by atoms with Crippen molar-refractivity contribution in [1.82, 2.24) is 5.43 Å². The lowest BCUT2D eigenvalue weighted by Crippen LogP contribution is -2.40. The van der Waals surface area contributed by atoms with Crippen molar-refractivity contribution in [3.05, 3.63) is 94.3 Å². The molecule has 0 atom stereocenters. The molecule has 0 bridgehead atoms. The number of sulfonamides is 1. The quantitative estimate of drug-likeness (QED) is 0.383. The van der Waals surface area contributed by atoms with Gasteiger partial charge in [-0.1, -0.05) is 41.4 Å². The second-order valence-electron chi connectivity index (χ2n) is 7.49. The molecule has 0 aliphatic carbocycles. The second kappa shape index (κ2) is 10.1. The van der Waals surface area contributed by atoms with E-state index < -0.39 is 22.5 Å². The Morgan fingerprint density at radius 1 is 1.03 bits per heavy atom. The number of carbonyl (C=O) groups is 1. The lowest BCUT2D eigenvalue weighted by Gasteiger charge is -2.25. The standard InChI is InChI=1S/C24H23ClFN3O3S/c1-16-4-11-22(12-5-16)33(31,32)29(23-13-8-20(25)14-17(23)2)15-24(30)28-27-18(3)19-6-9-21(26)10-7-19/h4-14H,15H2,1-3H3,(H,28,30)/b27-18-. The molecule has 1 N–H and O–H groups in total. The molecule has 0 saturated carbocycles. The van der Waals surface area contributed by atoms with Crippen molar-refractivity contribution in [2.75, 3.05) is 10.8 Å². The van der Waals surface area contributed by atoms with Crippen LogP contribution in [0.15, 0.2) is 76.7 Å². The molecule has 0 saturated heterocycles. The third-order valence-electron chi connectivity index (χ3n) is 4.93. The van der Waals surface area contributed by atoms with Crippen molar-refractivity contribution in [3.63, 3.8) is 0 Å². The van der Waals surface area contributed by atoms with Gasteiger partial charge in [0.1, 0.15) is 12.4 Å². The summed E-state index contributed by atoms with van der Waals surface area (Å²) in [5, 5.41) is 4.48. The third kappa shape index (κ3) is 5.97. The van der Waals surface area contributed by atoms with Crippen molar-refractivity contribution in [2.24, 2.45) is 5.10 Å². The highest BCUT2D eigenvalue weighted by atomic mass is 35.5. The second-order valence-corrected chi connectivity index (χ2v) is 9.79. The van der Waals surface area contributed by atoms with Gasteiger partial charge in [-0.15, -0.1) is 0 Å². The van der Waals surface area contributed by atoms with E-state index in [1.165, 1.54) is 36.4 Å². The van der Waals surface area contributed by atoms with E-state index in [1.807, 2.05) is 6.92 Å². The molecule has 0 radical (unpaired) electrons. The normalized spacial score (nSPS) is 11.8. The summed E-state index contributed by atoms with van der Waals surface area (Å²) < 4.78 is 41.0. The van der Waals surface area contributed by atoms with Crippen LogP contribution in [0.3, 0.4) is 0 Å². The number of carbonyl (C=O) groups excluding carboxylic acids is 1. The molecule has 33 heavy (non-hydrogen) atoms. The first-order valence-electron chi connectivity index (χ1n) is 10.0. The Bertz CT molecular complexity index is 1290. The van der Waals surface area contributed by atoms with Gasteiger partial charge in [0.25, 0.3) is 15.9 Å². The van der Waals surface area contributed by atoms with Gasteiger partial charge in [0.05, 0.1) is 16.3 Å². The zero-order chi connectivity index (χ0) is 24.2. The van der Waals surface area contributed by atoms with Gasteiger partial charge in [0.15, 0.2) is 0 Å². The lowest BCUT2D eigenvalue weighted by atomic mass is 10.1. The number of rotatable bonds is 7. The molecule has 0 aromatic heterocycles. The molecule has 172 valence electrons. The van der Waals surface area contributed by atoms with Crippen molar-refractivity contribution in [1.29, 1.82) is 0 Å². The van der Waals surface area contributed by atoms with E-state index in [9.17, 15) is 17.6 Å². The fourth-order valence-electron chi connectivity index (χ4n) is 3.10. The van der Waals surface area contributed by atoms with Crippen LogP contribution >= 0.6 is 11.6 Å². The molecule has 3 rings (SSSR count). The van der Waals surface area contributed by atoms with Gasteiger partial charge in [-0.3, -0.25) is 9.10 Å². The molecule has 0 unspecified atom stereocenters. The summed E-state index contributed by atoms with van der Waals surface area (Å²) in [4.78, 5) is 12.8. The van der Waals surface area contributed by atoms with Crippen LogP contribution in [0.25, 0.3) is 0 Å². The molecular weight excluding hydrogens is 465 g/mol. The number of aryl methyl sites for hydroxylation is 2. The van der Waals surface area contributed by atoms with E-state index in [0.29, 0.717) is 27.5 Å². The summed E-state index contributed by atoms with van der Waals surface area (Å²) in [7, 11) is -4.06. The number of hydrogen-bond donors (Lipinski definition) is 1. The minimum atomic E-state index is -4.06. The van der Waals surface area contributed by atoms with E-state index in [4.69, 9.17) is 11.6 Å². The van der Waals surface area contributed by atoms with Crippen LogP contribution < -0.4 is 9.73 Å². The maximum Gasteiger partial charge on any atom is 0.264 e. The van der Waals surface area contributed by atoms with Gasteiger partial charge in [0.2, 0.25) is 0 Å². The van der Waals surface area contributed by atoms with Crippen molar-refractivity contribution in [3.8, 4) is 0 Å². The fraction of sp³-hybridized carbons (Fsp3) is 0.167. The van der Waals surface area contributed by atoms with Gasteiger partial charge >= 0.3 is 0 Å². The monoisotopic (exact) mass is 487 g/mol. The average molecular weight is 488 g/mol. The minimum absolute atomic E-state index is 0.0567. The molecular formula is C24H23ClFN3O3S. The fourth-order valence-corrected chi connectivity index (χ4v) is 4.82. The Labute approximate surface area is 197 Å². The van der Waals surface area contributed by atoms with Crippen LogP contribution in [0.2, 0.25) is 5.02 Å². The number of anilines is 1. The molecule has 0 spiro atoms. The molecule has 0 heterocycles. The number of halogens is 2. The van der Waals surface area contributed by atoms with Gasteiger partial charge in [-0.2, -0.15) is 5.10 Å². The van der Waals surface area contributed by atoms with Gasteiger partial charge in [0, 0.05) is 5.02 Å². The summed E-state index contributed by atoms with van der Waals surface area (Å²) in [6.07, 6.45) is 0. The van der Waals surface area contributed by atoms with Crippen molar-refractivity contribution < 1.29 is 17.6 Å². The number of hydrogen-bond acceptors (Lipinski definition) is 4. The van der Waals surface area contributed by atoms with Crippen LogP contribution in [-0.4, -0.2) is 26.6 Å². The average Bonchev–Trinajstić information content (AvgIpc) is 2.77. The smallest absolute Gasteiger partial charge is 0.264 e. The Morgan fingerprint density at radius 2 is 1.67 bits per heavy atom. The third-order valence-corrected chi connectivity index (χ3v) is 6.94. The number of nitrogens with zero attached hydrogens (tertiary/aromatic N) is 2. The number of amides is 1. The molecule has 6 nitrogen and oxygen atoms in total. The Balaban J connectivity index is 1.91. The topological polar surface area (TPSA) is 78.8 Å². The minimum Gasteiger partial charge on any atom is -0.271 e. The van der Waals surface area contributed by atoms with Crippen LogP contribution in [0.5, 0.6) is 0 Å². The van der Waals surface area contributed by atoms with Gasteiger partial charge in [-0.05, 0) is 74.4 Å². The molecule has 0 aliphatic heterocycles. The first-order chi connectivity index (χ1) is 15.6. The predicted octanol–water partition coefficient (Wildman–Crippen LogP) is 4.83. The SMILES string of the molecule is C/C(=N/NC(=O)CN(c1ccc(Cl)cc1C)S(=O)(=O)c1ccc(C)cc1)c1ccc(F)cc1. The number of benzene rings is 3. The zero-order valence-corrected chi connectivity index (χ0v) is 19.9. The van der Waals surface area contributed by atoms with Crippen LogP contribution in [0.4, 0.5) is 10.1 Å². The van der Waals surface area contributed by atoms with Crippen molar-refractivity contribution >= 4 is 38.9 Å². The highest BCUT2D eigenvalue weighted by Crippen LogP contribution is 2.29. The Morgan fingerprint density at radius 3 is 2.27 bits per heavy atom.